The molecule has 0 saturated carbocycles. The van der Waals surface area contributed by atoms with E-state index in [4.69, 9.17) is 4.74 Å². The molecule has 28 heavy (non-hydrogen) atoms. The lowest BCUT2D eigenvalue weighted by Gasteiger charge is -2.27. The molecule has 2 heterocycles. The Labute approximate surface area is 163 Å². The number of carbonyl (C=O) groups is 1. The summed E-state index contributed by atoms with van der Waals surface area (Å²) >= 11 is 0. The first-order valence-corrected chi connectivity index (χ1v) is 9.47. The van der Waals surface area contributed by atoms with Gasteiger partial charge in [-0.25, -0.2) is 4.68 Å². The number of hydrogen-bond acceptors (Lipinski definition) is 4. The lowest BCUT2D eigenvalue weighted by Crippen LogP contribution is -2.43. The van der Waals surface area contributed by atoms with Crippen LogP contribution in [0.5, 0.6) is 0 Å². The average molecular weight is 377 g/mol. The van der Waals surface area contributed by atoms with Gasteiger partial charge >= 0.3 is 0 Å². The summed E-state index contributed by atoms with van der Waals surface area (Å²) in [4.78, 5) is 27.4. The number of nitrogens with zero attached hydrogens (tertiary/aromatic N) is 3. The molecule has 3 aromatic rings. The molecule has 1 aliphatic rings. The number of benzene rings is 2. The molecule has 1 fully saturated rings. The first-order chi connectivity index (χ1) is 13.5. The standard InChI is InChI=1S/C22H23N3O3/c1-15-7-8-16(2)19(13-15)21-17-5-3-4-6-18(17)22(27)25(23-21)14-20(26)24-9-11-28-12-10-24/h3-8,13H,9-12,14H2,1-2H3. The van der Waals surface area contributed by atoms with Crippen LogP contribution in [0.1, 0.15) is 11.1 Å². The molecule has 2 aromatic carbocycles. The maximum Gasteiger partial charge on any atom is 0.275 e. The molecule has 0 atom stereocenters. The van der Waals surface area contributed by atoms with Gasteiger partial charge in [-0.2, -0.15) is 5.10 Å². The molecule has 0 spiro atoms. The lowest BCUT2D eigenvalue weighted by atomic mass is 9.99. The van der Waals surface area contributed by atoms with Crippen molar-refractivity contribution in [2.45, 2.75) is 20.4 Å². The Kier molecular flexibility index (Phi) is 4.96. The van der Waals surface area contributed by atoms with Crippen LogP contribution in [-0.2, 0) is 16.1 Å². The fourth-order valence-electron chi connectivity index (χ4n) is 3.57. The van der Waals surface area contributed by atoms with Crippen LogP contribution in [0.3, 0.4) is 0 Å². The second-order valence-electron chi connectivity index (χ2n) is 7.17. The number of morpholine rings is 1. The lowest BCUT2D eigenvalue weighted by molar-refractivity contribution is -0.136. The van der Waals surface area contributed by atoms with E-state index in [2.05, 4.69) is 23.3 Å². The fourth-order valence-corrected chi connectivity index (χ4v) is 3.57. The van der Waals surface area contributed by atoms with Crippen LogP contribution in [0.4, 0.5) is 0 Å². The number of carbonyl (C=O) groups excluding carboxylic acids is 1. The maximum atomic E-state index is 13.0. The molecule has 0 N–H and O–H groups in total. The van der Waals surface area contributed by atoms with E-state index in [1.165, 1.54) is 4.68 Å². The molecule has 6 heteroatoms. The van der Waals surface area contributed by atoms with Gasteiger partial charge in [0.1, 0.15) is 6.54 Å². The van der Waals surface area contributed by atoms with Crippen molar-refractivity contribution in [1.29, 1.82) is 0 Å². The van der Waals surface area contributed by atoms with Crippen molar-refractivity contribution in [1.82, 2.24) is 14.7 Å². The van der Waals surface area contributed by atoms with Crippen LogP contribution in [0.25, 0.3) is 22.0 Å². The minimum Gasteiger partial charge on any atom is -0.378 e. The highest BCUT2D eigenvalue weighted by Crippen LogP contribution is 2.28. The van der Waals surface area contributed by atoms with E-state index in [0.717, 1.165) is 27.8 Å². The highest BCUT2D eigenvalue weighted by atomic mass is 16.5. The zero-order valence-electron chi connectivity index (χ0n) is 16.1. The number of aromatic nitrogens is 2. The van der Waals surface area contributed by atoms with Gasteiger partial charge in [0.15, 0.2) is 0 Å². The van der Waals surface area contributed by atoms with Crippen molar-refractivity contribution in [3.05, 3.63) is 63.9 Å². The summed E-state index contributed by atoms with van der Waals surface area (Å²) in [5, 5.41) is 6.01. The molecule has 144 valence electrons. The van der Waals surface area contributed by atoms with Crippen LogP contribution in [0, 0.1) is 13.8 Å². The van der Waals surface area contributed by atoms with E-state index in [-0.39, 0.29) is 18.0 Å². The summed E-state index contributed by atoms with van der Waals surface area (Å²) in [6.45, 7) is 6.14. The summed E-state index contributed by atoms with van der Waals surface area (Å²) < 4.78 is 6.61. The summed E-state index contributed by atoms with van der Waals surface area (Å²) in [5.41, 5.74) is 3.66. The van der Waals surface area contributed by atoms with E-state index in [9.17, 15) is 9.59 Å². The Hall–Kier alpha value is -2.99. The molecule has 0 aliphatic carbocycles. The fraction of sp³-hybridized carbons (Fsp3) is 0.318. The van der Waals surface area contributed by atoms with Crippen molar-refractivity contribution in [2.24, 2.45) is 0 Å². The third-order valence-electron chi connectivity index (χ3n) is 5.16. The van der Waals surface area contributed by atoms with Crippen molar-refractivity contribution in [3.8, 4) is 11.3 Å². The summed E-state index contributed by atoms with van der Waals surface area (Å²) in [7, 11) is 0. The second-order valence-corrected chi connectivity index (χ2v) is 7.17. The second kappa shape index (κ2) is 7.56. The Morgan fingerprint density at radius 3 is 2.54 bits per heavy atom. The van der Waals surface area contributed by atoms with E-state index in [1.807, 2.05) is 32.0 Å². The Balaban J connectivity index is 1.84. The highest BCUT2D eigenvalue weighted by Gasteiger charge is 2.20. The van der Waals surface area contributed by atoms with E-state index in [0.29, 0.717) is 31.7 Å². The molecule has 0 unspecified atom stereocenters. The predicted molar refractivity (Wildman–Crippen MR) is 108 cm³/mol. The molecule has 1 aliphatic heterocycles. The number of fused-ring (bicyclic) bond motifs is 1. The molecule has 1 aromatic heterocycles. The van der Waals surface area contributed by atoms with Crippen LogP contribution < -0.4 is 5.56 Å². The topological polar surface area (TPSA) is 64.4 Å². The van der Waals surface area contributed by atoms with Gasteiger partial charge in [-0.15, -0.1) is 0 Å². The summed E-state index contributed by atoms with van der Waals surface area (Å²) in [5.74, 6) is -0.111. The predicted octanol–water partition coefficient (Wildman–Crippen LogP) is 2.54. The number of rotatable bonds is 3. The van der Waals surface area contributed by atoms with Gasteiger partial charge in [-0.3, -0.25) is 9.59 Å². The van der Waals surface area contributed by atoms with Gasteiger partial charge in [0.2, 0.25) is 5.91 Å². The number of aryl methyl sites for hydroxylation is 2. The van der Waals surface area contributed by atoms with Crippen LogP contribution in [0.2, 0.25) is 0 Å². The SMILES string of the molecule is Cc1ccc(C)c(-c2nn(CC(=O)N3CCOCC3)c(=O)c3ccccc23)c1. The molecule has 0 bridgehead atoms. The summed E-state index contributed by atoms with van der Waals surface area (Å²) in [6.07, 6.45) is 0. The van der Waals surface area contributed by atoms with Gasteiger partial charge in [0, 0.05) is 24.0 Å². The Bertz CT molecular complexity index is 1100. The molecular formula is C22H23N3O3. The average Bonchev–Trinajstić information content (AvgIpc) is 2.72. The number of amides is 1. The molecule has 1 saturated heterocycles. The van der Waals surface area contributed by atoms with E-state index >= 15 is 0 Å². The highest BCUT2D eigenvalue weighted by molar-refractivity contribution is 5.94. The molecule has 0 radical (unpaired) electrons. The minimum absolute atomic E-state index is 0.0679. The van der Waals surface area contributed by atoms with Crippen LogP contribution in [-0.4, -0.2) is 46.9 Å². The normalized spacial score (nSPS) is 14.4. The zero-order valence-corrected chi connectivity index (χ0v) is 16.1. The minimum atomic E-state index is -0.244. The smallest absolute Gasteiger partial charge is 0.275 e. The van der Waals surface area contributed by atoms with Gasteiger partial charge in [-0.05, 0) is 31.5 Å². The summed E-state index contributed by atoms with van der Waals surface area (Å²) in [6, 6.07) is 13.6. The van der Waals surface area contributed by atoms with Gasteiger partial charge < -0.3 is 9.64 Å². The molecule has 1 amide bonds. The van der Waals surface area contributed by atoms with Gasteiger partial charge in [0.25, 0.3) is 5.56 Å². The van der Waals surface area contributed by atoms with Crippen molar-refractivity contribution >= 4 is 16.7 Å². The van der Waals surface area contributed by atoms with Crippen molar-refractivity contribution in [2.75, 3.05) is 26.3 Å². The van der Waals surface area contributed by atoms with Crippen LogP contribution >= 0.6 is 0 Å². The molecule has 4 rings (SSSR count). The molecular weight excluding hydrogens is 354 g/mol. The number of ether oxygens (including phenoxy) is 1. The zero-order chi connectivity index (χ0) is 19.7. The van der Waals surface area contributed by atoms with E-state index in [1.54, 1.807) is 11.0 Å². The van der Waals surface area contributed by atoms with Crippen molar-refractivity contribution < 1.29 is 9.53 Å². The monoisotopic (exact) mass is 377 g/mol. The van der Waals surface area contributed by atoms with Gasteiger partial charge in [0.05, 0.1) is 24.3 Å². The first kappa shape index (κ1) is 18.4. The van der Waals surface area contributed by atoms with Crippen molar-refractivity contribution in [3.63, 3.8) is 0 Å². The third kappa shape index (κ3) is 3.43. The Morgan fingerprint density at radius 1 is 1.07 bits per heavy atom. The quantitative estimate of drug-likeness (QED) is 0.704. The molecule has 6 nitrogen and oxygen atoms in total. The Morgan fingerprint density at radius 2 is 1.79 bits per heavy atom. The number of hydrogen-bond donors (Lipinski definition) is 0. The van der Waals surface area contributed by atoms with Gasteiger partial charge in [-0.1, -0.05) is 35.9 Å². The maximum absolute atomic E-state index is 13.0. The first-order valence-electron chi connectivity index (χ1n) is 9.47. The third-order valence-corrected chi connectivity index (χ3v) is 5.16. The largest absolute Gasteiger partial charge is 0.378 e. The van der Waals surface area contributed by atoms with E-state index < -0.39 is 0 Å². The van der Waals surface area contributed by atoms with Crippen LogP contribution in [0.15, 0.2) is 47.3 Å².